The van der Waals surface area contributed by atoms with Gasteiger partial charge in [0.1, 0.15) is 0 Å². The number of carbonyl (C=O) groups excluding carboxylic acids is 1. The molecule has 0 atom stereocenters. The first-order valence-corrected chi connectivity index (χ1v) is 4.92. The van der Waals surface area contributed by atoms with Gasteiger partial charge in [-0.15, -0.1) is 0 Å². The summed E-state index contributed by atoms with van der Waals surface area (Å²) in [7, 11) is 0. The number of esters is 1. The van der Waals surface area contributed by atoms with E-state index in [0.717, 1.165) is 12.0 Å². The molecule has 2 N–H and O–H groups in total. The summed E-state index contributed by atoms with van der Waals surface area (Å²) in [6.07, 6.45) is 3.93. The number of nitrogens with two attached hydrogens (primary N) is 1. The highest BCUT2D eigenvalue weighted by Crippen LogP contribution is 2.08. The predicted octanol–water partition coefficient (Wildman–Crippen LogP) is 2.24. The SMILES string of the molecule is CCCOC(=O)/C=C/c1cccc(N)c1. The Balaban J connectivity index is 2.53. The van der Waals surface area contributed by atoms with E-state index in [1.165, 1.54) is 6.08 Å². The van der Waals surface area contributed by atoms with E-state index in [4.69, 9.17) is 10.5 Å². The third kappa shape index (κ3) is 4.31. The van der Waals surface area contributed by atoms with Crippen molar-refractivity contribution in [2.75, 3.05) is 12.3 Å². The monoisotopic (exact) mass is 205 g/mol. The molecule has 0 heterocycles. The zero-order valence-electron chi connectivity index (χ0n) is 8.77. The van der Waals surface area contributed by atoms with Gasteiger partial charge in [0.25, 0.3) is 0 Å². The first kappa shape index (κ1) is 11.3. The zero-order chi connectivity index (χ0) is 11.1. The Morgan fingerprint density at radius 3 is 3.00 bits per heavy atom. The van der Waals surface area contributed by atoms with Gasteiger partial charge in [-0.3, -0.25) is 0 Å². The standard InChI is InChI=1S/C12H15NO2/c1-2-8-15-12(14)7-6-10-4-3-5-11(13)9-10/h3-7,9H,2,8,13H2,1H3/b7-6+. The van der Waals surface area contributed by atoms with Crippen LogP contribution in [0.1, 0.15) is 18.9 Å². The number of hydrogen-bond donors (Lipinski definition) is 1. The molecule has 3 heteroatoms. The van der Waals surface area contributed by atoms with Gasteiger partial charge in [-0.25, -0.2) is 4.79 Å². The fourth-order valence-corrected chi connectivity index (χ4v) is 1.08. The molecule has 15 heavy (non-hydrogen) atoms. The summed E-state index contributed by atoms with van der Waals surface area (Å²) in [4.78, 5) is 11.1. The molecule has 0 saturated heterocycles. The van der Waals surface area contributed by atoms with E-state index in [9.17, 15) is 4.79 Å². The van der Waals surface area contributed by atoms with Crippen LogP contribution >= 0.6 is 0 Å². The molecule has 0 radical (unpaired) electrons. The number of rotatable bonds is 4. The average molecular weight is 205 g/mol. The largest absolute Gasteiger partial charge is 0.463 e. The Labute approximate surface area is 89.5 Å². The lowest BCUT2D eigenvalue weighted by atomic mass is 10.2. The quantitative estimate of drug-likeness (QED) is 0.466. The van der Waals surface area contributed by atoms with Crippen molar-refractivity contribution in [3.8, 4) is 0 Å². The number of ether oxygens (including phenoxy) is 1. The summed E-state index contributed by atoms with van der Waals surface area (Å²) in [6, 6.07) is 7.31. The van der Waals surface area contributed by atoms with E-state index < -0.39 is 0 Å². The van der Waals surface area contributed by atoms with Crippen molar-refractivity contribution >= 4 is 17.7 Å². The van der Waals surface area contributed by atoms with Crippen LogP contribution in [0.4, 0.5) is 5.69 Å². The minimum absolute atomic E-state index is 0.320. The molecular formula is C12H15NO2. The predicted molar refractivity (Wildman–Crippen MR) is 61.1 cm³/mol. The maximum Gasteiger partial charge on any atom is 0.330 e. The summed E-state index contributed by atoms with van der Waals surface area (Å²) in [6.45, 7) is 2.41. The van der Waals surface area contributed by atoms with E-state index in [0.29, 0.717) is 12.3 Å². The van der Waals surface area contributed by atoms with Crippen molar-refractivity contribution in [3.63, 3.8) is 0 Å². The molecule has 0 spiro atoms. The maximum atomic E-state index is 11.1. The second-order valence-electron chi connectivity index (χ2n) is 3.17. The highest BCUT2D eigenvalue weighted by atomic mass is 16.5. The van der Waals surface area contributed by atoms with Gasteiger partial charge >= 0.3 is 5.97 Å². The molecule has 0 aliphatic carbocycles. The molecule has 3 nitrogen and oxygen atoms in total. The third-order valence-electron chi connectivity index (χ3n) is 1.77. The van der Waals surface area contributed by atoms with Crippen LogP contribution in [0, 0.1) is 0 Å². The lowest BCUT2D eigenvalue weighted by Gasteiger charge is -1.98. The molecule has 80 valence electrons. The Hall–Kier alpha value is -1.77. The van der Waals surface area contributed by atoms with Crippen LogP contribution in [0.2, 0.25) is 0 Å². The van der Waals surface area contributed by atoms with Crippen LogP contribution < -0.4 is 5.73 Å². The number of benzene rings is 1. The van der Waals surface area contributed by atoms with Gasteiger partial charge in [0, 0.05) is 11.8 Å². The van der Waals surface area contributed by atoms with Crippen molar-refractivity contribution in [1.29, 1.82) is 0 Å². The molecular weight excluding hydrogens is 190 g/mol. The Bertz CT molecular complexity index is 358. The average Bonchev–Trinajstić information content (AvgIpc) is 2.23. The van der Waals surface area contributed by atoms with E-state index in [1.54, 1.807) is 18.2 Å². The van der Waals surface area contributed by atoms with Crippen LogP contribution in [-0.4, -0.2) is 12.6 Å². The van der Waals surface area contributed by atoms with Crippen LogP contribution in [-0.2, 0) is 9.53 Å². The van der Waals surface area contributed by atoms with Gasteiger partial charge in [-0.05, 0) is 30.2 Å². The molecule has 0 aromatic heterocycles. The van der Waals surface area contributed by atoms with Gasteiger partial charge in [0.2, 0.25) is 0 Å². The molecule has 0 bridgehead atoms. The Kier molecular flexibility index (Phi) is 4.41. The Morgan fingerprint density at radius 1 is 1.53 bits per heavy atom. The fourth-order valence-electron chi connectivity index (χ4n) is 1.08. The van der Waals surface area contributed by atoms with Gasteiger partial charge in [0.15, 0.2) is 0 Å². The first-order valence-electron chi connectivity index (χ1n) is 4.92. The second kappa shape index (κ2) is 5.86. The molecule has 0 aliphatic heterocycles. The summed E-state index contributed by atoms with van der Waals surface area (Å²) in [5.41, 5.74) is 7.17. The van der Waals surface area contributed by atoms with Crippen molar-refractivity contribution in [1.82, 2.24) is 0 Å². The smallest absolute Gasteiger partial charge is 0.330 e. The van der Waals surface area contributed by atoms with E-state index >= 15 is 0 Å². The molecule has 0 fully saturated rings. The number of hydrogen-bond acceptors (Lipinski definition) is 3. The van der Waals surface area contributed by atoms with Crippen molar-refractivity contribution in [3.05, 3.63) is 35.9 Å². The molecule has 1 aromatic carbocycles. The van der Waals surface area contributed by atoms with Crippen molar-refractivity contribution in [2.45, 2.75) is 13.3 Å². The molecule has 0 unspecified atom stereocenters. The molecule has 0 aliphatic rings. The van der Waals surface area contributed by atoms with E-state index in [2.05, 4.69) is 0 Å². The zero-order valence-corrected chi connectivity index (χ0v) is 8.77. The molecule has 0 saturated carbocycles. The van der Waals surface area contributed by atoms with Gasteiger partial charge < -0.3 is 10.5 Å². The minimum Gasteiger partial charge on any atom is -0.463 e. The topological polar surface area (TPSA) is 52.3 Å². The number of carbonyl (C=O) groups is 1. The van der Waals surface area contributed by atoms with Crippen LogP contribution in [0.25, 0.3) is 6.08 Å². The summed E-state index contributed by atoms with van der Waals surface area (Å²) in [5, 5.41) is 0. The van der Waals surface area contributed by atoms with E-state index in [-0.39, 0.29) is 5.97 Å². The maximum absolute atomic E-state index is 11.1. The lowest BCUT2D eigenvalue weighted by Crippen LogP contribution is -2.00. The molecule has 1 rings (SSSR count). The molecule has 0 amide bonds. The highest BCUT2D eigenvalue weighted by molar-refractivity contribution is 5.87. The van der Waals surface area contributed by atoms with Crippen molar-refractivity contribution in [2.24, 2.45) is 0 Å². The highest BCUT2D eigenvalue weighted by Gasteiger charge is 1.95. The fraction of sp³-hybridized carbons (Fsp3) is 0.250. The van der Waals surface area contributed by atoms with Crippen molar-refractivity contribution < 1.29 is 9.53 Å². The van der Waals surface area contributed by atoms with Crippen LogP contribution in [0.15, 0.2) is 30.3 Å². The van der Waals surface area contributed by atoms with Gasteiger partial charge in [-0.1, -0.05) is 19.1 Å². The summed E-state index contributed by atoms with van der Waals surface area (Å²) < 4.78 is 4.89. The third-order valence-corrected chi connectivity index (χ3v) is 1.77. The summed E-state index contributed by atoms with van der Waals surface area (Å²) in [5.74, 6) is -0.320. The second-order valence-corrected chi connectivity index (χ2v) is 3.17. The van der Waals surface area contributed by atoms with Gasteiger partial charge in [-0.2, -0.15) is 0 Å². The minimum atomic E-state index is -0.320. The molecule has 1 aromatic rings. The number of anilines is 1. The normalized spacial score (nSPS) is 10.5. The van der Waals surface area contributed by atoms with E-state index in [1.807, 2.05) is 19.1 Å². The number of nitrogen functional groups attached to an aromatic ring is 1. The van der Waals surface area contributed by atoms with Crippen LogP contribution in [0.5, 0.6) is 0 Å². The lowest BCUT2D eigenvalue weighted by molar-refractivity contribution is -0.137. The van der Waals surface area contributed by atoms with Crippen LogP contribution in [0.3, 0.4) is 0 Å². The first-order chi connectivity index (χ1) is 7.22. The summed E-state index contributed by atoms with van der Waals surface area (Å²) >= 11 is 0. The van der Waals surface area contributed by atoms with Gasteiger partial charge in [0.05, 0.1) is 6.61 Å². The Morgan fingerprint density at radius 2 is 2.33 bits per heavy atom.